The standard InChI is InChI=1S/C18H17ClO2/c1-3-18(2,20)13-12-14-8-10-15(11-9-14)21-17-7-5-4-6-16(17)19/h4-11,20H,3H2,1-2H3. The van der Waals surface area contributed by atoms with E-state index >= 15 is 0 Å². The summed E-state index contributed by atoms with van der Waals surface area (Å²) in [6, 6.07) is 14.7. The number of hydrogen-bond donors (Lipinski definition) is 1. The van der Waals surface area contributed by atoms with Crippen LogP contribution >= 0.6 is 11.6 Å². The Bertz CT molecular complexity index is 664. The molecule has 0 bridgehead atoms. The van der Waals surface area contributed by atoms with Crippen LogP contribution in [-0.4, -0.2) is 10.7 Å². The van der Waals surface area contributed by atoms with E-state index in [0.29, 0.717) is 22.9 Å². The Morgan fingerprint density at radius 3 is 2.43 bits per heavy atom. The molecule has 0 aliphatic heterocycles. The van der Waals surface area contributed by atoms with Crippen LogP contribution in [0.15, 0.2) is 48.5 Å². The number of hydrogen-bond acceptors (Lipinski definition) is 2. The first kappa shape index (κ1) is 15.4. The highest BCUT2D eigenvalue weighted by Crippen LogP contribution is 2.28. The van der Waals surface area contributed by atoms with Crippen LogP contribution in [0.25, 0.3) is 0 Å². The normalized spacial score (nSPS) is 13.0. The average molecular weight is 301 g/mol. The van der Waals surface area contributed by atoms with Crippen molar-refractivity contribution in [1.29, 1.82) is 0 Å². The lowest BCUT2D eigenvalue weighted by molar-refractivity contribution is 0.118. The fourth-order valence-electron chi connectivity index (χ4n) is 1.56. The summed E-state index contributed by atoms with van der Waals surface area (Å²) in [4.78, 5) is 0. The lowest BCUT2D eigenvalue weighted by Gasteiger charge is -2.11. The van der Waals surface area contributed by atoms with E-state index in [1.165, 1.54) is 0 Å². The second-order valence-electron chi connectivity index (χ2n) is 4.93. The molecule has 0 aliphatic carbocycles. The van der Waals surface area contributed by atoms with E-state index in [4.69, 9.17) is 16.3 Å². The molecule has 2 aromatic rings. The Labute approximate surface area is 130 Å². The first-order chi connectivity index (χ1) is 10.00. The van der Waals surface area contributed by atoms with Crippen molar-refractivity contribution < 1.29 is 9.84 Å². The van der Waals surface area contributed by atoms with Gasteiger partial charge < -0.3 is 9.84 Å². The molecule has 0 saturated carbocycles. The van der Waals surface area contributed by atoms with E-state index in [1.807, 2.05) is 49.4 Å². The van der Waals surface area contributed by atoms with E-state index in [1.54, 1.807) is 13.0 Å². The van der Waals surface area contributed by atoms with E-state index in [9.17, 15) is 5.11 Å². The highest BCUT2D eigenvalue weighted by atomic mass is 35.5. The van der Waals surface area contributed by atoms with Gasteiger partial charge in [0.15, 0.2) is 0 Å². The van der Waals surface area contributed by atoms with Crippen LogP contribution in [0, 0.1) is 11.8 Å². The molecule has 21 heavy (non-hydrogen) atoms. The highest BCUT2D eigenvalue weighted by Gasteiger charge is 2.12. The molecular formula is C18H17ClO2. The zero-order valence-corrected chi connectivity index (χ0v) is 12.8. The number of rotatable bonds is 3. The van der Waals surface area contributed by atoms with Gasteiger partial charge in [0.25, 0.3) is 0 Å². The van der Waals surface area contributed by atoms with Crippen LogP contribution in [0.2, 0.25) is 5.02 Å². The average Bonchev–Trinajstić information content (AvgIpc) is 2.49. The minimum absolute atomic E-state index is 0.570. The minimum atomic E-state index is -0.952. The van der Waals surface area contributed by atoms with Crippen LogP contribution in [0.3, 0.4) is 0 Å². The van der Waals surface area contributed by atoms with Crippen LogP contribution in [-0.2, 0) is 0 Å². The lowest BCUT2D eigenvalue weighted by Crippen LogP contribution is -2.19. The third-order valence-corrected chi connectivity index (χ3v) is 3.40. The molecule has 0 radical (unpaired) electrons. The predicted molar refractivity (Wildman–Crippen MR) is 85.8 cm³/mol. The summed E-state index contributed by atoms with van der Waals surface area (Å²) in [5, 5.41) is 10.4. The summed E-state index contributed by atoms with van der Waals surface area (Å²) in [5.41, 5.74) is -0.123. The minimum Gasteiger partial charge on any atom is -0.456 e. The second kappa shape index (κ2) is 6.67. The van der Waals surface area contributed by atoms with Crippen molar-refractivity contribution >= 4 is 11.6 Å². The van der Waals surface area contributed by atoms with Crippen molar-refractivity contribution in [2.75, 3.05) is 0 Å². The molecule has 0 heterocycles. The van der Waals surface area contributed by atoms with Gasteiger partial charge in [0.1, 0.15) is 17.1 Å². The molecule has 1 atom stereocenters. The molecule has 0 amide bonds. The number of aliphatic hydroxyl groups is 1. The van der Waals surface area contributed by atoms with Crippen molar-refractivity contribution in [2.24, 2.45) is 0 Å². The van der Waals surface area contributed by atoms with Crippen molar-refractivity contribution in [2.45, 2.75) is 25.9 Å². The third kappa shape index (κ3) is 4.53. The molecule has 2 rings (SSSR count). The Morgan fingerprint density at radius 1 is 1.14 bits per heavy atom. The van der Waals surface area contributed by atoms with Crippen molar-refractivity contribution in [1.82, 2.24) is 0 Å². The maximum atomic E-state index is 9.85. The van der Waals surface area contributed by atoms with E-state index < -0.39 is 5.60 Å². The van der Waals surface area contributed by atoms with Crippen LogP contribution in [0.5, 0.6) is 11.5 Å². The topological polar surface area (TPSA) is 29.5 Å². The van der Waals surface area contributed by atoms with Gasteiger partial charge in [0.2, 0.25) is 0 Å². The Kier molecular flexibility index (Phi) is 4.90. The Morgan fingerprint density at radius 2 is 1.81 bits per heavy atom. The fourth-order valence-corrected chi connectivity index (χ4v) is 1.73. The molecule has 3 heteroatoms. The maximum absolute atomic E-state index is 9.85. The number of halogens is 1. The molecule has 1 unspecified atom stereocenters. The van der Waals surface area contributed by atoms with Crippen molar-refractivity contribution in [3.05, 3.63) is 59.1 Å². The van der Waals surface area contributed by atoms with Gasteiger partial charge >= 0.3 is 0 Å². The Hall–Kier alpha value is -1.95. The van der Waals surface area contributed by atoms with Gasteiger partial charge in [-0.1, -0.05) is 42.5 Å². The maximum Gasteiger partial charge on any atom is 0.146 e. The van der Waals surface area contributed by atoms with Gasteiger partial charge in [-0.15, -0.1) is 0 Å². The summed E-state index contributed by atoms with van der Waals surface area (Å²) >= 11 is 6.05. The van der Waals surface area contributed by atoms with Crippen LogP contribution < -0.4 is 4.74 Å². The van der Waals surface area contributed by atoms with Crippen molar-refractivity contribution in [3.63, 3.8) is 0 Å². The second-order valence-corrected chi connectivity index (χ2v) is 5.34. The quantitative estimate of drug-likeness (QED) is 0.836. The number of ether oxygens (including phenoxy) is 1. The SMILES string of the molecule is CCC(C)(O)C#Cc1ccc(Oc2ccccc2Cl)cc1. The number of para-hydroxylation sites is 1. The molecule has 0 aliphatic rings. The number of benzene rings is 2. The molecule has 0 saturated heterocycles. The van der Waals surface area contributed by atoms with Gasteiger partial charge in [0.05, 0.1) is 5.02 Å². The van der Waals surface area contributed by atoms with Gasteiger partial charge in [-0.05, 0) is 49.7 Å². The van der Waals surface area contributed by atoms with Gasteiger partial charge in [0, 0.05) is 5.56 Å². The van der Waals surface area contributed by atoms with Gasteiger partial charge in [-0.2, -0.15) is 0 Å². The molecule has 2 aromatic carbocycles. The molecule has 0 spiro atoms. The molecule has 0 aromatic heterocycles. The van der Waals surface area contributed by atoms with E-state index in [2.05, 4.69) is 11.8 Å². The third-order valence-electron chi connectivity index (χ3n) is 3.08. The van der Waals surface area contributed by atoms with Crippen LogP contribution in [0.4, 0.5) is 0 Å². The first-order valence-electron chi connectivity index (χ1n) is 6.78. The summed E-state index contributed by atoms with van der Waals surface area (Å²) in [6.07, 6.45) is 0.591. The first-order valence-corrected chi connectivity index (χ1v) is 7.16. The molecule has 1 N–H and O–H groups in total. The van der Waals surface area contributed by atoms with E-state index in [-0.39, 0.29) is 0 Å². The van der Waals surface area contributed by atoms with E-state index in [0.717, 1.165) is 5.56 Å². The zero-order chi connectivity index (χ0) is 15.3. The highest BCUT2D eigenvalue weighted by molar-refractivity contribution is 6.32. The molecule has 2 nitrogen and oxygen atoms in total. The summed E-state index contributed by atoms with van der Waals surface area (Å²) in [7, 11) is 0. The fraction of sp³-hybridized carbons (Fsp3) is 0.222. The van der Waals surface area contributed by atoms with Crippen molar-refractivity contribution in [3.8, 4) is 23.3 Å². The smallest absolute Gasteiger partial charge is 0.146 e. The lowest BCUT2D eigenvalue weighted by atomic mass is 10.0. The Balaban J connectivity index is 2.11. The van der Waals surface area contributed by atoms with Gasteiger partial charge in [-0.3, -0.25) is 0 Å². The molecule has 0 fully saturated rings. The largest absolute Gasteiger partial charge is 0.456 e. The molecular weight excluding hydrogens is 284 g/mol. The summed E-state index contributed by atoms with van der Waals surface area (Å²) < 4.78 is 5.70. The van der Waals surface area contributed by atoms with Crippen LogP contribution in [0.1, 0.15) is 25.8 Å². The zero-order valence-electron chi connectivity index (χ0n) is 12.1. The summed E-state index contributed by atoms with van der Waals surface area (Å²) in [5.74, 6) is 7.11. The monoisotopic (exact) mass is 300 g/mol. The molecule has 108 valence electrons. The summed E-state index contributed by atoms with van der Waals surface area (Å²) in [6.45, 7) is 3.60. The van der Waals surface area contributed by atoms with Gasteiger partial charge in [-0.25, -0.2) is 0 Å². The predicted octanol–water partition coefficient (Wildman–Crippen LogP) is 4.64.